The molecule has 1 unspecified atom stereocenters. The van der Waals surface area contributed by atoms with Crippen molar-refractivity contribution in [2.24, 2.45) is 5.92 Å². The van der Waals surface area contributed by atoms with Crippen molar-refractivity contribution in [1.82, 2.24) is 10.1 Å². The zero-order valence-electron chi connectivity index (χ0n) is 18.8. The molecule has 1 fully saturated rings. The van der Waals surface area contributed by atoms with Gasteiger partial charge in [-0.2, -0.15) is 0 Å². The van der Waals surface area contributed by atoms with Gasteiger partial charge in [0.05, 0.1) is 19.8 Å². The summed E-state index contributed by atoms with van der Waals surface area (Å²) in [6.45, 7) is 11.3. The van der Waals surface area contributed by atoms with Gasteiger partial charge in [0.25, 0.3) is 5.88 Å². The molecule has 0 spiro atoms. The standard InChI is InChI=1S/C21H34N2O7/c1-14(2)18(19(24)26-6)16-13-17(22-30-16)28-12-11-27-15-7-9-23(10-8-15)20(25)29-21(3,4)5/h13-15,18H,7-12H2,1-6H3. The van der Waals surface area contributed by atoms with Crippen molar-refractivity contribution in [1.29, 1.82) is 0 Å². The summed E-state index contributed by atoms with van der Waals surface area (Å²) in [5.74, 6) is -0.154. The van der Waals surface area contributed by atoms with E-state index in [1.165, 1.54) is 7.11 Å². The number of rotatable bonds is 8. The highest BCUT2D eigenvalue weighted by molar-refractivity contribution is 5.77. The van der Waals surface area contributed by atoms with Crippen LogP contribution >= 0.6 is 0 Å². The highest BCUT2D eigenvalue weighted by Crippen LogP contribution is 2.28. The first-order chi connectivity index (χ1) is 14.1. The first-order valence-corrected chi connectivity index (χ1v) is 10.4. The molecule has 2 rings (SSSR count). The van der Waals surface area contributed by atoms with Gasteiger partial charge in [0, 0.05) is 19.2 Å². The summed E-state index contributed by atoms with van der Waals surface area (Å²) in [6, 6.07) is 1.61. The van der Waals surface area contributed by atoms with Gasteiger partial charge in [0.1, 0.15) is 18.1 Å². The minimum absolute atomic E-state index is 0.00753. The molecular weight excluding hydrogens is 392 g/mol. The van der Waals surface area contributed by atoms with Gasteiger partial charge in [-0.05, 0) is 44.7 Å². The fourth-order valence-electron chi connectivity index (χ4n) is 3.22. The number of methoxy groups -OCH3 is 1. The summed E-state index contributed by atoms with van der Waals surface area (Å²) >= 11 is 0. The number of piperidine rings is 1. The molecule has 0 aliphatic carbocycles. The Hall–Kier alpha value is -2.29. The summed E-state index contributed by atoms with van der Waals surface area (Å²) in [5.41, 5.74) is -0.491. The molecule has 1 saturated heterocycles. The molecule has 9 nitrogen and oxygen atoms in total. The van der Waals surface area contributed by atoms with E-state index < -0.39 is 11.5 Å². The maximum absolute atomic E-state index is 12.1. The molecule has 0 saturated carbocycles. The van der Waals surface area contributed by atoms with Crippen LogP contribution in [0.1, 0.15) is 59.1 Å². The fourth-order valence-corrected chi connectivity index (χ4v) is 3.22. The maximum atomic E-state index is 12.1. The van der Waals surface area contributed by atoms with Crippen LogP contribution in [0.15, 0.2) is 10.6 Å². The maximum Gasteiger partial charge on any atom is 0.410 e. The number of hydrogen-bond acceptors (Lipinski definition) is 8. The molecule has 0 bridgehead atoms. The monoisotopic (exact) mass is 426 g/mol. The lowest BCUT2D eigenvalue weighted by Crippen LogP contribution is -2.43. The first-order valence-electron chi connectivity index (χ1n) is 10.4. The number of carbonyl (C=O) groups is 2. The molecule has 1 aromatic rings. The average molecular weight is 427 g/mol. The summed E-state index contributed by atoms with van der Waals surface area (Å²) in [6.07, 6.45) is 1.30. The Morgan fingerprint density at radius 1 is 1.23 bits per heavy atom. The van der Waals surface area contributed by atoms with Gasteiger partial charge in [0.2, 0.25) is 0 Å². The number of hydrogen-bond donors (Lipinski definition) is 0. The Balaban J connectivity index is 1.70. The van der Waals surface area contributed by atoms with Crippen LogP contribution in [0.4, 0.5) is 4.79 Å². The number of esters is 1. The van der Waals surface area contributed by atoms with Crippen molar-refractivity contribution in [2.75, 3.05) is 33.4 Å². The zero-order chi connectivity index (χ0) is 22.3. The lowest BCUT2D eigenvalue weighted by atomic mass is 9.93. The van der Waals surface area contributed by atoms with Gasteiger partial charge >= 0.3 is 12.1 Å². The highest BCUT2D eigenvalue weighted by atomic mass is 16.6. The SMILES string of the molecule is COC(=O)C(c1cc(OCCOC2CCN(C(=O)OC(C)(C)C)CC2)no1)C(C)C. The Morgan fingerprint density at radius 2 is 1.90 bits per heavy atom. The van der Waals surface area contributed by atoms with Crippen molar-refractivity contribution in [2.45, 2.75) is 65.1 Å². The van der Waals surface area contributed by atoms with Crippen LogP contribution in [-0.4, -0.2) is 67.2 Å². The second-order valence-electron chi connectivity index (χ2n) is 8.70. The molecular formula is C21H34N2O7. The molecule has 1 aliphatic heterocycles. The van der Waals surface area contributed by atoms with E-state index in [1.807, 2.05) is 34.6 Å². The van der Waals surface area contributed by atoms with Crippen LogP contribution < -0.4 is 4.74 Å². The lowest BCUT2D eigenvalue weighted by Gasteiger charge is -2.33. The van der Waals surface area contributed by atoms with Crippen LogP contribution in [0.2, 0.25) is 0 Å². The second kappa shape index (κ2) is 10.7. The van der Waals surface area contributed by atoms with E-state index in [-0.39, 0.29) is 24.1 Å². The lowest BCUT2D eigenvalue weighted by molar-refractivity contribution is -0.144. The minimum Gasteiger partial charge on any atom is -0.473 e. The number of amides is 1. The number of aromatic nitrogens is 1. The van der Waals surface area contributed by atoms with Gasteiger partial charge in [-0.3, -0.25) is 4.79 Å². The quantitative estimate of drug-likeness (QED) is 0.461. The van der Waals surface area contributed by atoms with Gasteiger partial charge in [-0.1, -0.05) is 13.8 Å². The van der Waals surface area contributed by atoms with Crippen molar-refractivity contribution in [3.05, 3.63) is 11.8 Å². The van der Waals surface area contributed by atoms with Gasteiger partial charge in [-0.25, -0.2) is 4.79 Å². The third-order valence-corrected chi connectivity index (χ3v) is 4.72. The molecule has 30 heavy (non-hydrogen) atoms. The van der Waals surface area contributed by atoms with E-state index in [0.29, 0.717) is 37.9 Å². The summed E-state index contributed by atoms with van der Waals surface area (Å²) < 4.78 is 26.9. The topological polar surface area (TPSA) is 100 Å². The Kier molecular flexibility index (Phi) is 8.52. The van der Waals surface area contributed by atoms with Crippen LogP contribution in [0.25, 0.3) is 0 Å². The number of carbonyl (C=O) groups excluding carboxylic acids is 2. The minimum atomic E-state index is -0.522. The summed E-state index contributed by atoms with van der Waals surface area (Å²) in [4.78, 5) is 25.7. The van der Waals surface area contributed by atoms with Crippen LogP contribution in [-0.2, 0) is 19.0 Å². The first kappa shape index (κ1) is 24.0. The van der Waals surface area contributed by atoms with E-state index in [0.717, 1.165) is 12.8 Å². The summed E-state index contributed by atoms with van der Waals surface area (Å²) in [7, 11) is 1.35. The highest BCUT2D eigenvalue weighted by Gasteiger charge is 2.30. The molecule has 0 aromatic carbocycles. The number of nitrogens with zero attached hydrogens (tertiary/aromatic N) is 2. The van der Waals surface area contributed by atoms with Crippen molar-refractivity contribution >= 4 is 12.1 Å². The van der Waals surface area contributed by atoms with E-state index in [9.17, 15) is 9.59 Å². The summed E-state index contributed by atoms with van der Waals surface area (Å²) in [5, 5.41) is 3.86. The third kappa shape index (κ3) is 7.19. The van der Waals surface area contributed by atoms with Gasteiger partial charge < -0.3 is 28.4 Å². The molecule has 170 valence electrons. The van der Waals surface area contributed by atoms with Crippen molar-refractivity contribution in [3.63, 3.8) is 0 Å². The van der Waals surface area contributed by atoms with Crippen LogP contribution in [0, 0.1) is 5.92 Å². The zero-order valence-corrected chi connectivity index (χ0v) is 18.8. The number of ether oxygens (including phenoxy) is 4. The van der Waals surface area contributed by atoms with Crippen LogP contribution in [0.5, 0.6) is 5.88 Å². The molecule has 0 radical (unpaired) electrons. The molecule has 0 N–H and O–H groups in total. The third-order valence-electron chi connectivity index (χ3n) is 4.72. The van der Waals surface area contributed by atoms with Crippen molar-refractivity contribution in [3.8, 4) is 5.88 Å². The largest absolute Gasteiger partial charge is 0.473 e. The molecule has 1 aromatic heterocycles. The molecule has 1 amide bonds. The second-order valence-corrected chi connectivity index (χ2v) is 8.70. The van der Waals surface area contributed by atoms with E-state index in [2.05, 4.69) is 5.16 Å². The fraction of sp³-hybridized carbons (Fsp3) is 0.762. The Bertz CT molecular complexity index is 688. The molecule has 9 heteroatoms. The smallest absolute Gasteiger partial charge is 0.410 e. The Morgan fingerprint density at radius 3 is 2.47 bits per heavy atom. The predicted octanol–water partition coefficient (Wildman–Crippen LogP) is 3.38. The number of likely N-dealkylation sites (tertiary alicyclic amines) is 1. The van der Waals surface area contributed by atoms with Gasteiger partial charge in [-0.15, -0.1) is 0 Å². The van der Waals surface area contributed by atoms with E-state index in [4.69, 9.17) is 23.5 Å². The average Bonchev–Trinajstić information content (AvgIpc) is 3.12. The molecule has 1 atom stereocenters. The molecule has 2 heterocycles. The Labute approximate surface area is 177 Å². The van der Waals surface area contributed by atoms with Crippen LogP contribution in [0.3, 0.4) is 0 Å². The van der Waals surface area contributed by atoms with Gasteiger partial charge in [0.15, 0.2) is 5.76 Å². The molecule has 1 aliphatic rings. The van der Waals surface area contributed by atoms with E-state index >= 15 is 0 Å². The predicted molar refractivity (Wildman–Crippen MR) is 108 cm³/mol. The van der Waals surface area contributed by atoms with E-state index in [1.54, 1.807) is 11.0 Å². The van der Waals surface area contributed by atoms with Crippen molar-refractivity contribution < 1.29 is 33.1 Å². The normalized spacial score (nSPS) is 16.4.